The van der Waals surface area contributed by atoms with E-state index >= 15 is 0 Å². The molecule has 6 heterocycles. The second-order valence-corrected chi connectivity index (χ2v) is 8.18. The summed E-state index contributed by atoms with van der Waals surface area (Å²) in [6, 6.07) is 6.30. The molecule has 0 radical (unpaired) electrons. The molecular formula is C17H17ClN6OS. The van der Waals surface area contributed by atoms with Crippen molar-refractivity contribution in [2.24, 2.45) is 0 Å². The van der Waals surface area contributed by atoms with Crippen LogP contribution in [-0.2, 0) is 0 Å². The molecule has 3 aliphatic heterocycles. The summed E-state index contributed by atoms with van der Waals surface area (Å²) in [4.78, 5) is 19.5. The lowest BCUT2D eigenvalue weighted by atomic mass is 9.93. The first-order valence-electron chi connectivity index (χ1n) is 8.58. The molecular weight excluding hydrogens is 372 g/mol. The maximum absolute atomic E-state index is 12.7. The monoisotopic (exact) mass is 388 g/mol. The highest BCUT2D eigenvalue weighted by molar-refractivity contribution is 7.15. The second kappa shape index (κ2) is 6.22. The third kappa shape index (κ3) is 2.65. The highest BCUT2D eigenvalue weighted by Gasteiger charge is 2.35. The SMILES string of the molecule is O=C(Nc1ccsc1Cl)c1ccc2cnc(N3CC4CCC3CN4)nn12. The van der Waals surface area contributed by atoms with Crippen LogP contribution in [0.3, 0.4) is 0 Å². The number of carbonyl (C=O) groups is 1. The highest BCUT2D eigenvalue weighted by Crippen LogP contribution is 2.29. The molecule has 0 saturated carbocycles. The van der Waals surface area contributed by atoms with Crippen LogP contribution in [0.25, 0.3) is 5.52 Å². The van der Waals surface area contributed by atoms with Crippen molar-refractivity contribution in [3.05, 3.63) is 39.8 Å². The average molecular weight is 389 g/mol. The quantitative estimate of drug-likeness (QED) is 0.721. The number of thiophene rings is 1. The predicted octanol–water partition coefficient (Wildman–Crippen LogP) is 2.64. The molecule has 3 fully saturated rings. The van der Waals surface area contributed by atoms with Gasteiger partial charge in [0.25, 0.3) is 5.91 Å². The molecule has 0 spiro atoms. The first-order valence-corrected chi connectivity index (χ1v) is 9.84. The number of aromatic nitrogens is 3. The number of nitrogens with one attached hydrogen (secondary N) is 2. The number of rotatable bonds is 3. The van der Waals surface area contributed by atoms with Crippen molar-refractivity contribution in [3.63, 3.8) is 0 Å². The Morgan fingerprint density at radius 3 is 2.96 bits per heavy atom. The fourth-order valence-electron chi connectivity index (χ4n) is 3.72. The molecule has 0 aromatic carbocycles. The van der Waals surface area contributed by atoms with Crippen molar-refractivity contribution in [3.8, 4) is 0 Å². The van der Waals surface area contributed by atoms with Crippen LogP contribution in [-0.4, -0.2) is 45.7 Å². The normalized spacial score (nSPS) is 22.1. The number of hydrogen-bond donors (Lipinski definition) is 2. The Hall–Kier alpha value is -2.16. The number of piperidine rings is 2. The van der Waals surface area contributed by atoms with Gasteiger partial charge in [0.05, 0.1) is 17.4 Å². The van der Waals surface area contributed by atoms with Crippen LogP contribution in [0.1, 0.15) is 23.3 Å². The van der Waals surface area contributed by atoms with Crippen LogP contribution in [0.2, 0.25) is 4.34 Å². The fourth-order valence-corrected chi connectivity index (χ4v) is 4.55. The summed E-state index contributed by atoms with van der Waals surface area (Å²) < 4.78 is 2.22. The minimum absolute atomic E-state index is 0.239. The van der Waals surface area contributed by atoms with Gasteiger partial charge in [-0.1, -0.05) is 11.6 Å². The number of amides is 1. The maximum atomic E-state index is 12.7. The summed E-state index contributed by atoms with van der Waals surface area (Å²) in [5.41, 5.74) is 1.87. The van der Waals surface area contributed by atoms with Crippen molar-refractivity contribution < 1.29 is 4.79 Å². The van der Waals surface area contributed by atoms with E-state index in [0.717, 1.165) is 25.0 Å². The molecule has 3 saturated heterocycles. The molecule has 2 unspecified atom stereocenters. The van der Waals surface area contributed by atoms with Crippen molar-refractivity contribution in [1.29, 1.82) is 0 Å². The molecule has 6 rings (SSSR count). The molecule has 134 valence electrons. The molecule has 7 nitrogen and oxygen atoms in total. The van der Waals surface area contributed by atoms with Gasteiger partial charge in [-0.2, -0.15) is 0 Å². The largest absolute Gasteiger partial charge is 0.334 e. The molecule has 26 heavy (non-hydrogen) atoms. The lowest BCUT2D eigenvalue weighted by molar-refractivity contribution is 0.102. The third-order valence-electron chi connectivity index (χ3n) is 5.09. The molecule has 2 N–H and O–H groups in total. The Kier molecular flexibility index (Phi) is 3.84. The first-order chi connectivity index (χ1) is 12.7. The summed E-state index contributed by atoms with van der Waals surface area (Å²) >= 11 is 7.47. The van der Waals surface area contributed by atoms with Gasteiger partial charge in [0.1, 0.15) is 10.0 Å². The van der Waals surface area contributed by atoms with E-state index in [0.29, 0.717) is 33.7 Å². The standard InChI is InChI=1S/C17H17ClN6OS/c18-15-13(5-6-26-15)21-16(25)14-4-3-12-8-20-17(22-24(12)14)23-9-10-1-2-11(23)7-19-10/h3-6,8,10-11,19H,1-2,7,9H2,(H,21,25). The molecule has 3 aromatic heterocycles. The number of fused-ring (bicyclic) bond motifs is 4. The van der Waals surface area contributed by atoms with Crippen molar-refractivity contribution in [1.82, 2.24) is 19.9 Å². The maximum Gasteiger partial charge on any atom is 0.274 e. The minimum atomic E-state index is -0.239. The van der Waals surface area contributed by atoms with Gasteiger partial charge in [0.15, 0.2) is 0 Å². The summed E-state index contributed by atoms with van der Waals surface area (Å²) in [5, 5.41) is 12.9. The number of piperazine rings is 1. The first kappa shape index (κ1) is 16.0. The smallest absolute Gasteiger partial charge is 0.274 e. The summed E-state index contributed by atoms with van der Waals surface area (Å²) in [7, 11) is 0. The minimum Gasteiger partial charge on any atom is -0.334 e. The van der Waals surface area contributed by atoms with E-state index in [1.807, 2.05) is 11.4 Å². The van der Waals surface area contributed by atoms with Gasteiger partial charge in [-0.15, -0.1) is 16.4 Å². The lowest BCUT2D eigenvalue weighted by Crippen LogP contribution is -2.61. The molecule has 2 atom stereocenters. The van der Waals surface area contributed by atoms with E-state index in [9.17, 15) is 4.79 Å². The van der Waals surface area contributed by atoms with Gasteiger partial charge in [-0.25, -0.2) is 9.50 Å². The van der Waals surface area contributed by atoms with Gasteiger partial charge >= 0.3 is 0 Å². The van der Waals surface area contributed by atoms with Gasteiger partial charge in [0, 0.05) is 25.2 Å². The van der Waals surface area contributed by atoms with Crippen LogP contribution < -0.4 is 15.5 Å². The molecule has 2 bridgehead atoms. The van der Waals surface area contributed by atoms with Gasteiger partial charge < -0.3 is 15.5 Å². The van der Waals surface area contributed by atoms with E-state index in [2.05, 4.69) is 25.6 Å². The summed E-state index contributed by atoms with van der Waals surface area (Å²) in [6.07, 6.45) is 4.11. The van der Waals surface area contributed by atoms with Crippen LogP contribution in [0.5, 0.6) is 0 Å². The zero-order valence-electron chi connectivity index (χ0n) is 13.9. The number of anilines is 2. The highest BCUT2D eigenvalue weighted by atomic mass is 35.5. The number of nitrogens with zero attached hydrogens (tertiary/aromatic N) is 4. The Morgan fingerprint density at radius 2 is 2.27 bits per heavy atom. The zero-order chi connectivity index (χ0) is 17.7. The van der Waals surface area contributed by atoms with Gasteiger partial charge in [-0.05, 0) is 36.4 Å². The third-order valence-corrected chi connectivity index (χ3v) is 6.26. The Bertz CT molecular complexity index is 977. The zero-order valence-corrected chi connectivity index (χ0v) is 15.4. The molecule has 1 amide bonds. The van der Waals surface area contributed by atoms with Crippen molar-refractivity contribution in [2.75, 3.05) is 23.3 Å². The molecule has 9 heteroatoms. The van der Waals surface area contributed by atoms with E-state index in [4.69, 9.17) is 11.6 Å². The number of halogens is 1. The lowest BCUT2D eigenvalue weighted by Gasteiger charge is -2.45. The van der Waals surface area contributed by atoms with Crippen LogP contribution >= 0.6 is 22.9 Å². The second-order valence-electron chi connectivity index (χ2n) is 6.66. The van der Waals surface area contributed by atoms with Gasteiger partial charge in [-0.3, -0.25) is 4.79 Å². The van der Waals surface area contributed by atoms with Crippen LogP contribution in [0.15, 0.2) is 29.8 Å². The van der Waals surface area contributed by atoms with Gasteiger partial charge in [0.2, 0.25) is 5.95 Å². The summed E-state index contributed by atoms with van der Waals surface area (Å²) in [6.45, 7) is 1.87. The molecule has 0 aliphatic carbocycles. The number of carbonyl (C=O) groups excluding carboxylic acids is 1. The average Bonchev–Trinajstić information content (AvgIpc) is 3.28. The Morgan fingerprint density at radius 1 is 1.35 bits per heavy atom. The van der Waals surface area contributed by atoms with E-state index in [1.54, 1.807) is 22.8 Å². The van der Waals surface area contributed by atoms with E-state index in [-0.39, 0.29) is 5.91 Å². The number of hydrogen-bond acceptors (Lipinski definition) is 6. The topological polar surface area (TPSA) is 74.6 Å². The fraction of sp³-hybridized carbons (Fsp3) is 0.353. The Labute approximate surface area is 159 Å². The van der Waals surface area contributed by atoms with Crippen LogP contribution in [0, 0.1) is 0 Å². The van der Waals surface area contributed by atoms with E-state index in [1.165, 1.54) is 17.8 Å². The molecule has 3 aromatic rings. The van der Waals surface area contributed by atoms with Crippen molar-refractivity contribution >= 4 is 46.0 Å². The van der Waals surface area contributed by atoms with Crippen molar-refractivity contribution in [2.45, 2.75) is 24.9 Å². The van der Waals surface area contributed by atoms with Crippen LogP contribution in [0.4, 0.5) is 11.6 Å². The molecule has 3 aliphatic rings. The van der Waals surface area contributed by atoms with E-state index < -0.39 is 0 Å². The summed E-state index contributed by atoms with van der Waals surface area (Å²) in [5.74, 6) is 0.435. The predicted molar refractivity (Wildman–Crippen MR) is 102 cm³/mol. The Balaban J connectivity index is 1.47.